The van der Waals surface area contributed by atoms with Gasteiger partial charge in [0.2, 0.25) is 0 Å². The average Bonchev–Trinajstić information content (AvgIpc) is 2.84. The molecule has 0 spiro atoms. The Kier molecular flexibility index (Phi) is 6.01. The smallest absolute Gasteiger partial charge is 0.334 e. The monoisotopic (exact) mass is 346 g/mol. The third-order valence-corrected chi connectivity index (χ3v) is 4.84. The fourth-order valence-corrected chi connectivity index (χ4v) is 3.04. The van der Waals surface area contributed by atoms with Crippen molar-refractivity contribution in [3.8, 4) is 0 Å². The number of fused-ring (bicyclic) bond motifs is 1. The van der Waals surface area contributed by atoms with Gasteiger partial charge in [0.15, 0.2) is 0 Å². The Hall–Kier alpha value is -2.14. The molecule has 0 amide bonds. The first-order valence-corrected chi connectivity index (χ1v) is 8.50. The van der Waals surface area contributed by atoms with Crippen molar-refractivity contribution in [2.45, 2.75) is 58.8 Å². The number of aliphatic hydroxyl groups excluding tert-OH is 1. The Morgan fingerprint density at radius 1 is 1.44 bits per heavy atom. The number of allylic oxidation sites excluding steroid dienone is 1. The Bertz CT molecular complexity index is 668. The Labute approximate surface area is 148 Å². The normalized spacial score (nSPS) is 35.0. The molecule has 2 rings (SSSR count). The molecule has 1 aliphatic carbocycles. The quantitative estimate of drug-likeness (QED) is 0.473. The van der Waals surface area contributed by atoms with Crippen LogP contribution < -0.4 is 0 Å². The fraction of sp³-hybridized carbons (Fsp3) is 0.500. The first-order chi connectivity index (χ1) is 11.7. The van der Waals surface area contributed by atoms with E-state index < -0.39 is 36.2 Å². The van der Waals surface area contributed by atoms with Crippen LogP contribution in [-0.2, 0) is 19.1 Å². The van der Waals surface area contributed by atoms with Crippen LogP contribution >= 0.6 is 0 Å². The topological polar surface area (TPSA) is 72.8 Å². The third-order valence-electron chi connectivity index (χ3n) is 4.84. The van der Waals surface area contributed by atoms with E-state index in [1.807, 2.05) is 13.0 Å². The van der Waals surface area contributed by atoms with Gasteiger partial charge < -0.3 is 14.6 Å². The molecule has 1 saturated heterocycles. The molecule has 0 saturated carbocycles. The predicted molar refractivity (Wildman–Crippen MR) is 94.6 cm³/mol. The van der Waals surface area contributed by atoms with Crippen LogP contribution in [0, 0.1) is 5.92 Å². The largest absolute Gasteiger partial charge is 0.458 e. The molecule has 4 unspecified atom stereocenters. The number of hydrogen-bond acceptors (Lipinski definition) is 5. The van der Waals surface area contributed by atoms with Crippen LogP contribution in [0.5, 0.6) is 0 Å². The number of esters is 2. The van der Waals surface area contributed by atoms with Crippen molar-refractivity contribution >= 4 is 11.9 Å². The number of aliphatic hydroxyl groups is 1. The van der Waals surface area contributed by atoms with E-state index in [4.69, 9.17) is 9.47 Å². The molecule has 1 aliphatic heterocycles. The van der Waals surface area contributed by atoms with Gasteiger partial charge >= 0.3 is 11.9 Å². The summed E-state index contributed by atoms with van der Waals surface area (Å²) in [7, 11) is 0. The highest BCUT2D eigenvalue weighted by molar-refractivity contribution is 5.92. The Balaban J connectivity index is 2.42. The number of ether oxygens (including phenoxy) is 2. The molecule has 0 aromatic carbocycles. The van der Waals surface area contributed by atoms with Gasteiger partial charge in [-0.25, -0.2) is 9.59 Å². The molecule has 2 aliphatic rings. The summed E-state index contributed by atoms with van der Waals surface area (Å²) in [6.45, 7) is 11.0. The molecule has 1 N–H and O–H groups in total. The molecular weight excluding hydrogens is 320 g/mol. The minimum absolute atomic E-state index is 0.299. The maximum absolute atomic E-state index is 12.3. The van der Waals surface area contributed by atoms with Crippen molar-refractivity contribution in [2.75, 3.05) is 0 Å². The SMILES string of the molecule is C=C1C(=O)OC2/C=C(\C)C(O)C/C=C(\C)CC(OC(=O)/C(C)=C\C)C12. The standard InChI is InChI=1S/C20H26O5/c1-6-12(3)19(22)24-16-9-11(2)7-8-15(21)13(4)10-17-18(16)14(5)20(23)25-17/h6-7,10,15-18,21H,5,8-9H2,1-4H3/b11-7+,12-6-,13-10+. The first-order valence-electron chi connectivity index (χ1n) is 8.50. The van der Waals surface area contributed by atoms with Crippen LogP contribution in [0.4, 0.5) is 0 Å². The van der Waals surface area contributed by atoms with E-state index in [9.17, 15) is 14.7 Å². The summed E-state index contributed by atoms with van der Waals surface area (Å²) < 4.78 is 11.1. The number of carbonyl (C=O) groups is 2. The van der Waals surface area contributed by atoms with Gasteiger partial charge in [-0.15, -0.1) is 0 Å². The zero-order chi connectivity index (χ0) is 18.7. The van der Waals surface area contributed by atoms with Crippen molar-refractivity contribution in [1.82, 2.24) is 0 Å². The molecule has 4 atom stereocenters. The zero-order valence-corrected chi connectivity index (χ0v) is 15.2. The van der Waals surface area contributed by atoms with Crippen LogP contribution in [0.25, 0.3) is 0 Å². The second-order valence-electron chi connectivity index (χ2n) is 6.75. The van der Waals surface area contributed by atoms with E-state index in [-0.39, 0.29) is 0 Å². The van der Waals surface area contributed by atoms with E-state index in [0.717, 1.165) is 11.1 Å². The molecule has 25 heavy (non-hydrogen) atoms. The van der Waals surface area contributed by atoms with Crippen molar-refractivity contribution in [3.63, 3.8) is 0 Å². The highest BCUT2D eigenvalue weighted by Crippen LogP contribution is 2.36. The molecule has 0 radical (unpaired) electrons. The summed E-state index contributed by atoms with van der Waals surface area (Å²) in [5.41, 5.74) is 2.51. The Morgan fingerprint density at radius 3 is 2.76 bits per heavy atom. The van der Waals surface area contributed by atoms with Crippen molar-refractivity contribution in [3.05, 3.63) is 47.1 Å². The van der Waals surface area contributed by atoms with E-state index in [0.29, 0.717) is 24.0 Å². The highest BCUT2D eigenvalue weighted by Gasteiger charge is 2.44. The van der Waals surface area contributed by atoms with E-state index in [2.05, 4.69) is 6.58 Å². The van der Waals surface area contributed by atoms with Gasteiger partial charge in [-0.05, 0) is 45.8 Å². The van der Waals surface area contributed by atoms with Gasteiger partial charge in [-0.3, -0.25) is 0 Å². The zero-order valence-electron chi connectivity index (χ0n) is 15.2. The van der Waals surface area contributed by atoms with Gasteiger partial charge in [0.25, 0.3) is 0 Å². The van der Waals surface area contributed by atoms with E-state index >= 15 is 0 Å². The van der Waals surface area contributed by atoms with Gasteiger partial charge in [-0.1, -0.05) is 24.3 Å². The molecule has 0 bridgehead atoms. The second-order valence-corrected chi connectivity index (χ2v) is 6.75. The average molecular weight is 346 g/mol. The molecule has 136 valence electrons. The molecule has 5 heteroatoms. The minimum Gasteiger partial charge on any atom is -0.458 e. The maximum Gasteiger partial charge on any atom is 0.334 e. The first kappa shape index (κ1) is 19.2. The summed E-state index contributed by atoms with van der Waals surface area (Å²) in [4.78, 5) is 24.3. The van der Waals surface area contributed by atoms with E-state index in [1.165, 1.54) is 0 Å². The maximum atomic E-state index is 12.3. The third kappa shape index (κ3) is 4.28. The Morgan fingerprint density at radius 2 is 2.12 bits per heavy atom. The summed E-state index contributed by atoms with van der Waals surface area (Å²) in [6, 6.07) is 0. The lowest BCUT2D eigenvalue weighted by Gasteiger charge is -2.28. The van der Waals surface area contributed by atoms with Crippen LogP contribution in [0.2, 0.25) is 0 Å². The van der Waals surface area contributed by atoms with Crippen molar-refractivity contribution in [1.29, 1.82) is 0 Å². The molecule has 0 aromatic rings. The van der Waals surface area contributed by atoms with Crippen LogP contribution in [0.1, 0.15) is 40.5 Å². The van der Waals surface area contributed by atoms with Gasteiger partial charge in [0, 0.05) is 17.6 Å². The minimum atomic E-state index is -0.632. The molecular formula is C20H26O5. The summed E-state index contributed by atoms with van der Waals surface area (Å²) in [5.74, 6) is -1.37. The molecule has 0 aromatic heterocycles. The fourth-order valence-electron chi connectivity index (χ4n) is 3.04. The van der Waals surface area contributed by atoms with Gasteiger partial charge in [0.1, 0.15) is 12.2 Å². The second kappa shape index (κ2) is 7.83. The molecule has 5 nitrogen and oxygen atoms in total. The van der Waals surface area contributed by atoms with Crippen LogP contribution in [0.15, 0.2) is 47.1 Å². The lowest BCUT2D eigenvalue weighted by atomic mass is 9.85. The number of rotatable bonds is 2. The summed E-state index contributed by atoms with van der Waals surface area (Å²) in [6.07, 6.45) is 4.51. The number of carbonyl (C=O) groups excluding carboxylic acids is 2. The van der Waals surface area contributed by atoms with E-state index in [1.54, 1.807) is 32.9 Å². The predicted octanol–water partition coefficient (Wildman–Crippen LogP) is 3.01. The van der Waals surface area contributed by atoms with Crippen molar-refractivity contribution in [2.24, 2.45) is 5.92 Å². The lowest BCUT2D eigenvalue weighted by molar-refractivity contribution is -0.147. The van der Waals surface area contributed by atoms with Crippen molar-refractivity contribution < 1.29 is 24.2 Å². The summed E-state index contributed by atoms with van der Waals surface area (Å²) >= 11 is 0. The van der Waals surface area contributed by atoms with Crippen LogP contribution in [0.3, 0.4) is 0 Å². The van der Waals surface area contributed by atoms with Gasteiger partial charge in [0.05, 0.1) is 12.0 Å². The highest BCUT2D eigenvalue weighted by atomic mass is 16.6. The summed E-state index contributed by atoms with van der Waals surface area (Å²) in [5, 5.41) is 10.2. The number of hydrogen-bond donors (Lipinski definition) is 1. The molecule has 1 fully saturated rings. The van der Waals surface area contributed by atoms with Crippen LogP contribution in [-0.4, -0.2) is 35.4 Å². The van der Waals surface area contributed by atoms with Gasteiger partial charge in [-0.2, -0.15) is 0 Å². The lowest BCUT2D eigenvalue weighted by Crippen LogP contribution is -2.34. The molecule has 1 heterocycles.